The van der Waals surface area contributed by atoms with E-state index >= 15 is 0 Å². The number of aryl methyl sites for hydroxylation is 1. The van der Waals surface area contributed by atoms with Crippen LogP contribution in [0.25, 0.3) is 22.5 Å². The van der Waals surface area contributed by atoms with Gasteiger partial charge in [0.1, 0.15) is 23.3 Å². The minimum atomic E-state index is -3.49. The Morgan fingerprint density at radius 1 is 0.886 bits per heavy atom. The highest BCUT2D eigenvalue weighted by molar-refractivity contribution is 7.90. The predicted octanol–water partition coefficient (Wildman–Crippen LogP) is 3.66. The van der Waals surface area contributed by atoms with E-state index in [4.69, 9.17) is 10.5 Å². The molecule has 0 spiro atoms. The number of hydrogen-bond donors (Lipinski definition) is 1. The normalized spacial score (nSPS) is 11.6. The Labute approximate surface area is 201 Å². The van der Waals surface area contributed by atoms with Crippen molar-refractivity contribution in [1.29, 1.82) is 0 Å². The van der Waals surface area contributed by atoms with Gasteiger partial charge in [-0.1, -0.05) is 24.3 Å². The van der Waals surface area contributed by atoms with Gasteiger partial charge in [-0.15, -0.1) is 0 Å². The Bertz CT molecular complexity index is 1720. The van der Waals surface area contributed by atoms with Crippen LogP contribution in [0, 0.1) is 6.92 Å². The van der Waals surface area contributed by atoms with Crippen molar-refractivity contribution >= 4 is 26.8 Å². The lowest BCUT2D eigenvalue weighted by atomic mass is 10.2. The first-order chi connectivity index (χ1) is 16.7. The van der Waals surface area contributed by atoms with Gasteiger partial charge in [-0.25, -0.2) is 27.7 Å². The summed E-state index contributed by atoms with van der Waals surface area (Å²) in [6.45, 7) is 1.79. The lowest BCUT2D eigenvalue weighted by Crippen LogP contribution is -2.23. The number of fused-ring (bicyclic) bond motifs is 1. The predicted molar refractivity (Wildman–Crippen MR) is 133 cm³/mol. The third kappa shape index (κ3) is 4.04. The zero-order chi connectivity index (χ0) is 24.7. The molecule has 0 unspecified atom stereocenters. The topological polar surface area (TPSA) is 122 Å². The number of nitrogens with zero attached hydrogens (tertiary/aromatic N) is 4. The second kappa shape index (κ2) is 8.41. The van der Waals surface area contributed by atoms with E-state index < -0.39 is 15.5 Å². The lowest BCUT2D eigenvalue weighted by Gasteiger charge is -2.09. The largest absolute Gasteiger partial charge is 0.457 e. The van der Waals surface area contributed by atoms with E-state index in [-0.39, 0.29) is 16.4 Å². The molecule has 0 radical (unpaired) electrons. The van der Waals surface area contributed by atoms with Crippen LogP contribution in [0.15, 0.2) is 88.8 Å². The molecule has 5 rings (SSSR count). The number of hydrogen-bond acceptors (Lipinski definition) is 7. The van der Waals surface area contributed by atoms with Crippen LogP contribution in [0.3, 0.4) is 0 Å². The Hall–Kier alpha value is -4.44. The number of imidazole rings is 1. The quantitative estimate of drug-likeness (QED) is 0.401. The highest BCUT2D eigenvalue weighted by Gasteiger charge is 2.22. The van der Waals surface area contributed by atoms with Crippen molar-refractivity contribution in [1.82, 2.24) is 19.1 Å². The second-order valence-electron chi connectivity index (χ2n) is 8.01. The monoisotopic (exact) mass is 487 g/mol. The van der Waals surface area contributed by atoms with Gasteiger partial charge in [-0.2, -0.15) is 0 Å². The van der Waals surface area contributed by atoms with Crippen LogP contribution in [0.2, 0.25) is 0 Å². The van der Waals surface area contributed by atoms with Gasteiger partial charge >= 0.3 is 5.69 Å². The van der Waals surface area contributed by atoms with Gasteiger partial charge in [0.25, 0.3) is 0 Å². The molecular formula is C25H21N5O4S. The highest BCUT2D eigenvalue weighted by atomic mass is 32.2. The summed E-state index contributed by atoms with van der Waals surface area (Å²) in [4.78, 5) is 22.2. The molecule has 0 aliphatic heterocycles. The number of rotatable bonds is 5. The molecule has 0 saturated carbocycles. The average molecular weight is 488 g/mol. The first-order valence-electron chi connectivity index (χ1n) is 10.6. The molecule has 10 heteroatoms. The van der Waals surface area contributed by atoms with Gasteiger partial charge in [-0.3, -0.25) is 4.57 Å². The third-order valence-corrected chi connectivity index (χ3v) is 6.68. The molecule has 0 atom stereocenters. The molecule has 0 aliphatic rings. The summed E-state index contributed by atoms with van der Waals surface area (Å²) < 4.78 is 32.9. The van der Waals surface area contributed by atoms with Crippen LogP contribution in [0.1, 0.15) is 5.56 Å². The number of para-hydroxylation sites is 1. The summed E-state index contributed by atoms with van der Waals surface area (Å²) >= 11 is 0. The SMILES string of the molecule is Cc1ccc(S(C)(=O)=O)cc1-n1c(=O)n(-c2ccc(Oc3ccccc3)cc2)c2c(N)ncnc21. The van der Waals surface area contributed by atoms with Crippen molar-refractivity contribution in [3.05, 3.63) is 95.2 Å². The van der Waals surface area contributed by atoms with Gasteiger partial charge < -0.3 is 10.5 Å². The number of benzene rings is 3. The molecule has 0 bridgehead atoms. The number of nitrogens with two attached hydrogens (primary N) is 1. The molecule has 35 heavy (non-hydrogen) atoms. The van der Waals surface area contributed by atoms with Crippen molar-refractivity contribution in [3.8, 4) is 22.9 Å². The van der Waals surface area contributed by atoms with E-state index in [1.807, 2.05) is 30.3 Å². The van der Waals surface area contributed by atoms with Gasteiger partial charge in [0.15, 0.2) is 21.3 Å². The zero-order valence-corrected chi connectivity index (χ0v) is 19.7. The van der Waals surface area contributed by atoms with E-state index in [0.29, 0.717) is 34.0 Å². The molecule has 2 heterocycles. The van der Waals surface area contributed by atoms with Crippen molar-refractivity contribution in [2.75, 3.05) is 12.0 Å². The van der Waals surface area contributed by atoms with Crippen LogP contribution in [0.5, 0.6) is 11.5 Å². The fraction of sp³-hybridized carbons (Fsp3) is 0.0800. The molecule has 0 aliphatic carbocycles. The lowest BCUT2D eigenvalue weighted by molar-refractivity contribution is 0.482. The molecule has 176 valence electrons. The fourth-order valence-corrected chi connectivity index (χ4v) is 4.49. The van der Waals surface area contributed by atoms with Crippen LogP contribution in [-0.2, 0) is 9.84 Å². The summed E-state index contributed by atoms with van der Waals surface area (Å²) in [5.74, 6) is 1.40. The summed E-state index contributed by atoms with van der Waals surface area (Å²) in [5.41, 5.74) is 7.92. The Morgan fingerprint density at radius 3 is 2.26 bits per heavy atom. The van der Waals surface area contributed by atoms with E-state index in [9.17, 15) is 13.2 Å². The van der Waals surface area contributed by atoms with Gasteiger partial charge in [-0.05, 0) is 61.0 Å². The first kappa shape index (κ1) is 22.4. The smallest absolute Gasteiger partial charge is 0.339 e. The van der Waals surface area contributed by atoms with Crippen LogP contribution < -0.4 is 16.2 Å². The number of nitrogen functional groups attached to an aromatic ring is 1. The number of aromatic nitrogens is 4. The van der Waals surface area contributed by atoms with Gasteiger partial charge in [0.2, 0.25) is 0 Å². The van der Waals surface area contributed by atoms with Crippen molar-refractivity contribution in [3.63, 3.8) is 0 Å². The molecule has 3 aromatic carbocycles. The molecule has 9 nitrogen and oxygen atoms in total. The fourth-order valence-electron chi connectivity index (χ4n) is 3.85. The minimum absolute atomic E-state index is 0.0929. The number of sulfone groups is 1. The summed E-state index contributed by atoms with van der Waals surface area (Å²) in [7, 11) is -3.49. The molecule has 0 saturated heterocycles. The summed E-state index contributed by atoms with van der Waals surface area (Å²) in [6.07, 6.45) is 2.39. The van der Waals surface area contributed by atoms with E-state index in [2.05, 4.69) is 9.97 Å². The minimum Gasteiger partial charge on any atom is -0.457 e. The Kier molecular flexibility index (Phi) is 5.37. The third-order valence-electron chi connectivity index (χ3n) is 5.57. The maximum Gasteiger partial charge on any atom is 0.339 e. The molecule has 0 fully saturated rings. The zero-order valence-electron chi connectivity index (χ0n) is 18.9. The van der Waals surface area contributed by atoms with Crippen molar-refractivity contribution in [2.45, 2.75) is 11.8 Å². The van der Waals surface area contributed by atoms with Gasteiger partial charge in [0.05, 0.1) is 16.3 Å². The van der Waals surface area contributed by atoms with Gasteiger partial charge in [0, 0.05) is 6.26 Å². The maximum absolute atomic E-state index is 13.8. The maximum atomic E-state index is 13.8. The standard InChI is InChI=1S/C25H21N5O4S/c1-16-8-13-20(35(2,32)33)14-21(16)30-24-22(23(26)27-15-28-24)29(25(30)31)17-9-11-19(12-10-17)34-18-6-4-3-5-7-18/h3-15H,1-2H3,(H2,26,27,28). The van der Waals surface area contributed by atoms with Crippen LogP contribution >= 0.6 is 0 Å². The van der Waals surface area contributed by atoms with Crippen LogP contribution in [-0.4, -0.2) is 33.8 Å². The van der Waals surface area contributed by atoms with Crippen LogP contribution in [0.4, 0.5) is 5.82 Å². The molecular weight excluding hydrogens is 466 g/mol. The number of ether oxygens (including phenoxy) is 1. The first-order valence-corrected chi connectivity index (χ1v) is 12.5. The Morgan fingerprint density at radius 2 is 1.57 bits per heavy atom. The van der Waals surface area contributed by atoms with E-state index in [1.165, 1.54) is 27.6 Å². The molecule has 5 aromatic rings. The summed E-state index contributed by atoms with van der Waals surface area (Å²) in [5, 5.41) is 0. The molecule has 2 N–H and O–H groups in total. The van der Waals surface area contributed by atoms with E-state index in [0.717, 1.165) is 6.26 Å². The average Bonchev–Trinajstić information content (AvgIpc) is 3.13. The highest BCUT2D eigenvalue weighted by Crippen LogP contribution is 2.27. The molecule has 0 amide bonds. The molecule has 2 aromatic heterocycles. The van der Waals surface area contributed by atoms with Crippen molar-refractivity contribution < 1.29 is 13.2 Å². The summed E-state index contributed by atoms with van der Waals surface area (Å²) in [6, 6.07) is 20.9. The second-order valence-corrected chi connectivity index (χ2v) is 10.0. The van der Waals surface area contributed by atoms with Crippen molar-refractivity contribution in [2.24, 2.45) is 0 Å². The Balaban J connectivity index is 1.69. The number of anilines is 1. The van der Waals surface area contributed by atoms with E-state index in [1.54, 1.807) is 37.3 Å².